The minimum absolute atomic E-state index is 0.219. The minimum Gasteiger partial charge on any atom is -0.457 e. The maximum Gasteiger partial charge on any atom is 0.491 e. The summed E-state index contributed by atoms with van der Waals surface area (Å²) in [6.45, 7) is 4.71. The van der Waals surface area contributed by atoms with Gasteiger partial charge in [-0.3, -0.25) is 0 Å². The van der Waals surface area contributed by atoms with E-state index in [1.165, 1.54) is 0 Å². The molecule has 6 aromatic rings. The smallest absolute Gasteiger partial charge is 0.457 e. The SMILES string of the molecule is CC#CCC(C)C(C)(OB(O)c1ccc(Oc2ccc(C#N)cc2)cc1CO)B(OC(C)(/C=C\C/C=C\C)B(O)c1ccc(Oc2ccc(C#N)cc2)cc1CO)c1ccc(Oc2ccc(C#N)cc2)cc1CO. The molecule has 0 spiro atoms. The van der Waals surface area contributed by atoms with E-state index in [1.54, 1.807) is 154 Å². The number of ether oxygens (including phenoxy) is 3. The molecule has 5 N–H and O–H groups in total. The highest BCUT2D eigenvalue weighted by molar-refractivity contribution is 6.75. The number of nitrogens with zero attached hydrogens (tertiary/aromatic N) is 3. The molecule has 0 aliphatic heterocycles. The van der Waals surface area contributed by atoms with Crippen LogP contribution < -0.4 is 30.6 Å². The summed E-state index contributed by atoms with van der Waals surface area (Å²) in [6.07, 6.45) is 8.10. The third kappa shape index (κ3) is 13.8. The van der Waals surface area contributed by atoms with Gasteiger partial charge in [0.25, 0.3) is 0 Å². The number of allylic oxidation sites excluding steroid dienone is 3. The van der Waals surface area contributed by atoms with Gasteiger partial charge in [-0.2, -0.15) is 15.8 Å². The minimum atomic E-state index is -1.71. The Morgan fingerprint density at radius 1 is 0.568 bits per heavy atom. The molecule has 3 atom stereocenters. The monoisotopic (exact) mass is 987 g/mol. The molecule has 13 nitrogen and oxygen atoms in total. The van der Waals surface area contributed by atoms with Gasteiger partial charge in [0.1, 0.15) is 34.5 Å². The number of nitriles is 3. The molecule has 0 amide bonds. The van der Waals surface area contributed by atoms with E-state index < -0.39 is 57.7 Å². The third-order valence-electron chi connectivity index (χ3n) is 12.7. The normalized spacial score (nSPS) is 13.0. The fourth-order valence-corrected chi connectivity index (χ4v) is 8.27. The molecular formula is C58H56B3N3O10. The first-order valence-electron chi connectivity index (χ1n) is 23.9. The summed E-state index contributed by atoms with van der Waals surface area (Å²) in [4.78, 5) is 0. The van der Waals surface area contributed by atoms with Crippen molar-refractivity contribution in [2.45, 2.75) is 78.3 Å². The molecule has 372 valence electrons. The summed E-state index contributed by atoms with van der Waals surface area (Å²) >= 11 is 0. The summed E-state index contributed by atoms with van der Waals surface area (Å²) in [5.74, 6) is 7.98. The van der Waals surface area contributed by atoms with Crippen LogP contribution in [0.1, 0.15) is 80.8 Å². The molecule has 6 aromatic carbocycles. The van der Waals surface area contributed by atoms with Gasteiger partial charge in [-0.25, -0.2) is 0 Å². The fourth-order valence-electron chi connectivity index (χ4n) is 8.27. The van der Waals surface area contributed by atoms with Crippen LogP contribution in [-0.4, -0.2) is 57.3 Å². The van der Waals surface area contributed by atoms with Crippen LogP contribution in [0.2, 0.25) is 0 Å². The lowest BCUT2D eigenvalue weighted by Gasteiger charge is -2.45. The first-order valence-corrected chi connectivity index (χ1v) is 23.9. The Bertz CT molecular complexity index is 3120. The molecule has 0 saturated heterocycles. The Morgan fingerprint density at radius 3 is 1.39 bits per heavy atom. The van der Waals surface area contributed by atoms with E-state index >= 15 is 0 Å². The van der Waals surface area contributed by atoms with Crippen molar-refractivity contribution in [2.75, 3.05) is 0 Å². The Balaban J connectivity index is 1.49. The Kier molecular flexibility index (Phi) is 19.6. The summed E-state index contributed by atoms with van der Waals surface area (Å²) in [5.41, 5.74) is 0.0447. The lowest BCUT2D eigenvalue weighted by molar-refractivity contribution is 0.0605. The van der Waals surface area contributed by atoms with Crippen LogP contribution in [0.25, 0.3) is 0 Å². The van der Waals surface area contributed by atoms with Crippen LogP contribution in [0, 0.1) is 51.8 Å². The zero-order valence-corrected chi connectivity index (χ0v) is 41.9. The van der Waals surface area contributed by atoms with Crippen molar-refractivity contribution < 1.29 is 48.9 Å². The maximum atomic E-state index is 12.8. The highest BCUT2D eigenvalue weighted by Crippen LogP contribution is 2.35. The molecular weight excluding hydrogens is 931 g/mol. The second-order valence-corrected chi connectivity index (χ2v) is 17.7. The largest absolute Gasteiger partial charge is 0.491 e. The molecule has 0 aliphatic rings. The standard InChI is InChI=1S/C58H56B3N3O10/c1-6-8-10-11-31-57(4,59(68)54-28-25-51(32-45(54)38-65)70-48-19-13-42(35-62)14-20-48)73-60(55-29-26-52(33-46(55)39-66)71-49-21-15-43(36-63)16-22-49)58(5,41(3)12-9-7-2)74-61(69)56-30-27-53(34-47(56)40-67)72-50-23-17-44(37-64)18-24-50/h6,8,11,13-34,41,65-69H,10,12,38-40H2,1-5H3/b8-6-,31-11-. The third-order valence-corrected chi connectivity index (χ3v) is 12.7. The summed E-state index contributed by atoms with van der Waals surface area (Å²) in [6, 6.07) is 40.7. The molecule has 0 bridgehead atoms. The molecule has 16 heteroatoms. The molecule has 0 fully saturated rings. The zero-order chi connectivity index (χ0) is 53.3. The van der Waals surface area contributed by atoms with Crippen molar-refractivity contribution in [3.05, 3.63) is 185 Å². The molecule has 0 saturated carbocycles. The quantitative estimate of drug-likeness (QED) is 0.0235. The maximum absolute atomic E-state index is 12.8. The van der Waals surface area contributed by atoms with E-state index in [0.29, 0.717) is 85.2 Å². The second kappa shape index (κ2) is 26.2. The predicted octanol–water partition coefficient (Wildman–Crippen LogP) is 7.83. The van der Waals surface area contributed by atoms with E-state index in [1.807, 2.05) is 32.1 Å². The van der Waals surface area contributed by atoms with Crippen molar-refractivity contribution in [3.8, 4) is 64.5 Å². The van der Waals surface area contributed by atoms with Crippen LogP contribution in [0.5, 0.6) is 34.5 Å². The average Bonchev–Trinajstić information content (AvgIpc) is 3.43. The molecule has 3 unspecified atom stereocenters. The van der Waals surface area contributed by atoms with E-state index in [9.17, 15) is 41.2 Å². The number of hydrogen-bond donors (Lipinski definition) is 5. The summed E-state index contributed by atoms with van der Waals surface area (Å²) < 4.78 is 32.7. The molecule has 0 aliphatic carbocycles. The van der Waals surface area contributed by atoms with Gasteiger partial charge in [0.15, 0.2) is 0 Å². The van der Waals surface area contributed by atoms with Gasteiger partial charge in [-0.1, -0.05) is 49.4 Å². The number of aliphatic hydroxyl groups is 3. The van der Waals surface area contributed by atoms with Gasteiger partial charge in [-0.05, 0) is 182 Å². The van der Waals surface area contributed by atoms with Crippen LogP contribution in [0.4, 0.5) is 0 Å². The van der Waals surface area contributed by atoms with Crippen LogP contribution >= 0.6 is 0 Å². The molecule has 6 rings (SSSR count). The van der Waals surface area contributed by atoms with Crippen LogP contribution in [0.3, 0.4) is 0 Å². The average molecular weight is 988 g/mol. The highest BCUT2D eigenvalue weighted by atomic mass is 16.6. The Hall–Kier alpha value is -7.86. The van der Waals surface area contributed by atoms with Crippen LogP contribution in [-0.2, 0) is 29.1 Å². The van der Waals surface area contributed by atoms with Crippen molar-refractivity contribution in [2.24, 2.45) is 5.92 Å². The number of rotatable bonds is 23. The summed E-state index contributed by atoms with van der Waals surface area (Å²) in [5, 5.41) is 85.9. The molecule has 0 aromatic heterocycles. The van der Waals surface area contributed by atoms with Crippen LogP contribution in [0.15, 0.2) is 152 Å². The van der Waals surface area contributed by atoms with Gasteiger partial charge in [-0.15, -0.1) is 11.8 Å². The van der Waals surface area contributed by atoms with E-state index in [-0.39, 0.29) is 11.9 Å². The van der Waals surface area contributed by atoms with E-state index in [4.69, 9.17) is 23.5 Å². The van der Waals surface area contributed by atoms with Gasteiger partial charge < -0.3 is 48.9 Å². The Morgan fingerprint density at radius 2 is 0.973 bits per heavy atom. The second-order valence-electron chi connectivity index (χ2n) is 17.7. The number of hydrogen-bond acceptors (Lipinski definition) is 13. The number of aliphatic hydroxyl groups excluding tert-OH is 3. The summed E-state index contributed by atoms with van der Waals surface area (Å²) in [7, 11) is -1.71. The van der Waals surface area contributed by atoms with Gasteiger partial charge in [0.05, 0.1) is 65.7 Å². The first kappa shape index (κ1) is 55.5. The van der Waals surface area contributed by atoms with Gasteiger partial charge in [0, 0.05) is 6.42 Å². The molecule has 0 radical (unpaired) electrons. The van der Waals surface area contributed by atoms with E-state index in [0.717, 1.165) is 0 Å². The lowest BCUT2D eigenvalue weighted by atomic mass is 9.40. The lowest BCUT2D eigenvalue weighted by Crippen LogP contribution is -2.67. The van der Waals surface area contributed by atoms with Crippen molar-refractivity contribution in [3.63, 3.8) is 0 Å². The van der Waals surface area contributed by atoms with Crippen molar-refractivity contribution >= 4 is 37.3 Å². The topological polar surface area (TPSA) is 219 Å². The fraction of sp³-hybridized carbons (Fsp3) is 0.224. The number of benzene rings is 6. The molecule has 0 heterocycles. The Labute approximate surface area is 434 Å². The van der Waals surface area contributed by atoms with Gasteiger partial charge >= 0.3 is 20.9 Å². The predicted molar refractivity (Wildman–Crippen MR) is 286 cm³/mol. The molecule has 74 heavy (non-hydrogen) atoms. The van der Waals surface area contributed by atoms with Gasteiger partial charge in [0.2, 0.25) is 0 Å². The van der Waals surface area contributed by atoms with E-state index in [2.05, 4.69) is 30.0 Å². The zero-order valence-electron chi connectivity index (χ0n) is 41.9. The highest BCUT2D eigenvalue weighted by Gasteiger charge is 2.53. The van der Waals surface area contributed by atoms with Crippen molar-refractivity contribution in [1.29, 1.82) is 15.8 Å². The van der Waals surface area contributed by atoms with Crippen molar-refractivity contribution in [1.82, 2.24) is 0 Å². The first-order chi connectivity index (χ1) is 35.7.